The molecule has 0 atom stereocenters. The molecule has 0 spiro atoms. The molecule has 0 radical (unpaired) electrons. The Hall–Kier alpha value is -3.17. The minimum Gasteiger partial charge on any atom is -0.484 e. The molecule has 2 heterocycles. The quantitative estimate of drug-likeness (QED) is 0.412. The van der Waals surface area contributed by atoms with Gasteiger partial charge in [0.15, 0.2) is 13.2 Å². The van der Waals surface area contributed by atoms with E-state index >= 15 is 0 Å². The summed E-state index contributed by atoms with van der Waals surface area (Å²) in [5, 5.41) is 9.43. The molecule has 0 fully saturated rings. The largest absolute Gasteiger partial charge is 0.484 e. The molecule has 2 aromatic carbocycles. The van der Waals surface area contributed by atoms with Gasteiger partial charge in [0, 0.05) is 23.7 Å². The van der Waals surface area contributed by atoms with E-state index in [4.69, 9.17) is 9.47 Å². The zero-order chi connectivity index (χ0) is 21.8. The number of carbonyl (C=O) groups is 2. The number of hydrogen-bond acceptors (Lipinski definition) is 7. The lowest BCUT2D eigenvalue weighted by atomic mass is 10.2. The van der Waals surface area contributed by atoms with E-state index in [9.17, 15) is 9.59 Å². The van der Waals surface area contributed by atoms with Gasteiger partial charge in [-0.2, -0.15) is 0 Å². The van der Waals surface area contributed by atoms with Crippen LogP contribution in [0.3, 0.4) is 0 Å². The van der Waals surface area contributed by atoms with E-state index in [0.29, 0.717) is 23.7 Å². The Bertz CT molecular complexity index is 1230. The number of rotatable bonds is 8. The van der Waals surface area contributed by atoms with Crippen LogP contribution < -0.4 is 20.1 Å². The third-order valence-corrected chi connectivity index (χ3v) is 6.25. The summed E-state index contributed by atoms with van der Waals surface area (Å²) in [6.45, 7) is 4.23. The average Bonchev–Trinajstić information content (AvgIpc) is 3.37. The van der Waals surface area contributed by atoms with Crippen LogP contribution in [0.5, 0.6) is 11.5 Å². The molecule has 9 heteroatoms. The molecule has 160 valence electrons. The van der Waals surface area contributed by atoms with E-state index in [1.807, 2.05) is 31.4 Å². The maximum Gasteiger partial charge on any atom is 0.262 e. The highest BCUT2D eigenvalue weighted by Crippen LogP contribution is 2.38. The van der Waals surface area contributed by atoms with Gasteiger partial charge >= 0.3 is 0 Å². The van der Waals surface area contributed by atoms with E-state index in [1.54, 1.807) is 46.9 Å². The molecule has 0 aliphatic rings. The fourth-order valence-electron chi connectivity index (χ4n) is 3.08. The SMILES string of the molecule is CCNC(=O)COc1ccc(NC(=O)COc2cc3sc(C)nc3c3sccc23)cc1. The van der Waals surface area contributed by atoms with Crippen molar-refractivity contribution in [1.29, 1.82) is 0 Å². The fraction of sp³-hybridized carbons (Fsp3) is 0.227. The lowest BCUT2D eigenvalue weighted by molar-refractivity contribution is -0.123. The number of hydrogen-bond donors (Lipinski definition) is 2. The van der Waals surface area contributed by atoms with Gasteiger partial charge in [-0.15, -0.1) is 22.7 Å². The molecule has 0 unspecified atom stereocenters. The number of amides is 2. The van der Waals surface area contributed by atoms with Crippen molar-refractivity contribution in [2.24, 2.45) is 0 Å². The third-order valence-electron chi connectivity index (χ3n) is 4.41. The number of aryl methyl sites for hydroxylation is 1. The van der Waals surface area contributed by atoms with E-state index in [1.165, 1.54) is 0 Å². The van der Waals surface area contributed by atoms with Crippen molar-refractivity contribution in [3.63, 3.8) is 0 Å². The zero-order valence-corrected chi connectivity index (χ0v) is 18.7. The van der Waals surface area contributed by atoms with Crippen LogP contribution in [0.2, 0.25) is 0 Å². The Morgan fingerprint density at radius 1 is 1.06 bits per heavy atom. The Labute approximate surface area is 187 Å². The third kappa shape index (κ3) is 4.95. The van der Waals surface area contributed by atoms with Gasteiger partial charge in [0.05, 0.1) is 19.9 Å². The summed E-state index contributed by atoms with van der Waals surface area (Å²) >= 11 is 3.23. The predicted molar refractivity (Wildman–Crippen MR) is 124 cm³/mol. The van der Waals surface area contributed by atoms with Gasteiger partial charge in [-0.3, -0.25) is 9.59 Å². The van der Waals surface area contributed by atoms with Crippen LogP contribution in [-0.2, 0) is 9.59 Å². The lowest BCUT2D eigenvalue weighted by Gasteiger charge is -2.10. The van der Waals surface area contributed by atoms with Gasteiger partial charge < -0.3 is 20.1 Å². The molecule has 0 saturated heterocycles. The molecule has 0 aliphatic heterocycles. The molecule has 0 bridgehead atoms. The number of carbonyl (C=O) groups excluding carboxylic acids is 2. The van der Waals surface area contributed by atoms with Crippen molar-refractivity contribution in [2.45, 2.75) is 13.8 Å². The minimum atomic E-state index is -0.264. The van der Waals surface area contributed by atoms with Crippen LogP contribution in [0.15, 0.2) is 41.8 Å². The van der Waals surface area contributed by atoms with Gasteiger partial charge in [-0.05, 0) is 49.6 Å². The average molecular weight is 456 g/mol. The number of nitrogens with one attached hydrogen (secondary N) is 2. The van der Waals surface area contributed by atoms with Crippen molar-refractivity contribution in [3.05, 3.63) is 46.8 Å². The number of ether oxygens (including phenoxy) is 2. The first kappa shape index (κ1) is 21.1. The molecule has 0 saturated carbocycles. The maximum absolute atomic E-state index is 12.4. The van der Waals surface area contributed by atoms with Gasteiger partial charge in [0.1, 0.15) is 11.5 Å². The van der Waals surface area contributed by atoms with Crippen LogP contribution >= 0.6 is 22.7 Å². The van der Waals surface area contributed by atoms with Crippen LogP contribution in [0.25, 0.3) is 20.3 Å². The highest BCUT2D eigenvalue weighted by molar-refractivity contribution is 7.21. The highest BCUT2D eigenvalue weighted by atomic mass is 32.1. The minimum absolute atomic E-state index is 0.0476. The Morgan fingerprint density at radius 3 is 2.61 bits per heavy atom. The number of nitrogens with zero attached hydrogens (tertiary/aromatic N) is 1. The standard InChI is InChI=1S/C22H21N3O4S2/c1-3-23-19(26)11-28-15-6-4-14(5-7-15)25-20(27)12-29-17-10-18-21(24-13(2)31-18)22-16(17)8-9-30-22/h4-10H,3,11-12H2,1-2H3,(H,23,26)(H,25,27). The van der Waals surface area contributed by atoms with E-state index in [-0.39, 0.29) is 25.0 Å². The summed E-state index contributed by atoms with van der Waals surface area (Å²) in [4.78, 5) is 28.4. The molecule has 4 aromatic rings. The van der Waals surface area contributed by atoms with E-state index in [2.05, 4.69) is 15.6 Å². The second-order valence-electron chi connectivity index (χ2n) is 6.72. The second kappa shape index (κ2) is 9.32. The predicted octanol–water partition coefficient (Wildman–Crippen LogP) is 4.35. The zero-order valence-electron chi connectivity index (χ0n) is 17.1. The molecule has 2 N–H and O–H groups in total. The summed E-state index contributed by atoms with van der Waals surface area (Å²) in [7, 11) is 0. The van der Waals surface area contributed by atoms with Gasteiger partial charge in [-0.25, -0.2) is 4.98 Å². The van der Waals surface area contributed by atoms with Crippen molar-refractivity contribution < 1.29 is 19.1 Å². The number of fused-ring (bicyclic) bond motifs is 3. The monoisotopic (exact) mass is 455 g/mol. The summed E-state index contributed by atoms with van der Waals surface area (Å²) in [6, 6.07) is 10.8. The Balaban J connectivity index is 1.36. The number of benzene rings is 2. The molecular formula is C22H21N3O4S2. The Kier molecular flexibility index (Phi) is 6.34. The molecule has 2 amide bonds. The van der Waals surface area contributed by atoms with Gasteiger partial charge in [0.25, 0.3) is 11.8 Å². The normalized spacial score (nSPS) is 10.9. The number of anilines is 1. The number of thiophene rings is 1. The number of thiazole rings is 1. The van der Waals surface area contributed by atoms with Crippen LogP contribution in [0, 0.1) is 6.92 Å². The van der Waals surface area contributed by atoms with Crippen molar-refractivity contribution >= 4 is 60.5 Å². The van der Waals surface area contributed by atoms with E-state index < -0.39 is 0 Å². The smallest absolute Gasteiger partial charge is 0.262 e. The maximum atomic E-state index is 12.4. The fourth-order valence-corrected chi connectivity index (χ4v) is 4.91. The summed E-state index contributed by atoms with van der Waals surface area (Å²) in [5.41, 5.74) is 1.60. The molecule has 2 aromatic heterocycles. The molecule has 7 nitrogen and oxygen atoms in total. The first-order valence-electron chi connectivity index (χ1n) is 9.73. The summed E-state index contributed by atoms with van der Waals surface area (Å²) in [6.07, 6.45) is 0. The van der Waals surface area contributed by atoms with Gasteiger partial charge in [0.2, 0.25) is 0 Å². The van der Waals surface area contributed by atoms with E-state index in [0.717, 1.165) is 25.3 Å². The van der Waals surface area contributed by atoms with Crippen molar-refractivity contribution in [1.82, 2.24) is 10.3 Å². The van der Waals surface area contributed by atoms with Crippen LogP contribution in [0.4, 0.5) is 5.69 Å². The summed E-state index contributed by atoms with van der Waals surface area (Å²) < 4.78 is 13.4. The van der Waals surface area contributed by atoms with Crippen molar-refractivity contribution in [2.75, 3.05) is 25.1 Å². The summed E-state index contributed by atoms with van der Waals surface area (Å²) in [5.74, 6) is 0.786. The molecule has 31 heavy (non-hydrogen) atoms. The van der Waals surface area contributed by atoms with Crippen molar-refractivity contribution in [3.8, 4) is 11.5 Å². The molecular weight excluding hydrogens is 434 g/mol. The topological polar surface area (TPSA) is 89.6 Å². The van der Waals surface area contributed by atoms with Gasteiger partial charge in [-0.1, -0.05) is 0 Å². The lowest BCUT2D eigenvalue weighted by Crippen LogP contribution is -2.28. The molecule has 0 aliphatic carbocycles. The highest BCUT2D eigenvalue weighted by Gasteiger charge is 2.14. The molecule has 4 rings (SSSR count). The first-order valence-corrected chi connectivity index (χ1v) is 11.4. The number of aromatic nitrogens is 1. The van der Waals surface area contributed by atoms with Crippen LogP contribution in [-0.4, -0.2) is 36.6 Å². The van der Waals surface area contributed by atoms with Crippen LogP contribution in [0.1, 0.15) is 11.9 Å². The second-order valence-corrected chi connectivity index (χ2v) is 8.87. The number of likely N-dealkylation sites (N-methyl/N-ethyl adjacent to an activating group) is 1. The first-order chi connectivity index (χ1) is 15.0. The Morgan fingerprint density at radius 2 is 1.84 bits per heavy atom.